The van der Waals surface area contributed by atoms with Crippen LogP contribution in [0.5, 0.6) is 0 Å². The largest absolute Gasteiger partial charge is 0.370 e. The first kappa shape index (κ1) is 22.7. The van der Waals surface area contributed by atoms with Crippen molar-refractivity contribution in [1.82, 2.24) is 10.6 Å². The molecule has 0 aromatic carbocycles. The van der Waals surface area contributed by atoms with Gasteiger partial charge in [0.05, 0.1) is 6.54 Å². The summed E-state index contributed by atoms with van der Waals surface area (Å²) in [5.41, 5.74) is 5.80. The molecule has 0 aromatic heterocycles. The Hall–Kier alpha value is -0.530. The Morgan fingerprint density at radius 2 is 1.90 bits per heavy atom. The molecule has 0 saturated carbocycles. The zero-order valence-corrected chi connectivity index (χ0v) is 16.3. The number of rotatable bonds is 10. The fraction of sp³-hybridized carbons (Fsp3) is 0.867. The molecular formula is C15H33IN4O. The standard InChI is InChI=1S/C15H32N4O.HI/c1-5-10-17-14(20)9-11-18-15(16)19-13(4)8-6-7-12(2)3;/h12-13H,5-11H2,1-4H3,(H,17,20)(H3,16,18,19);1H. The average molecular weight is 412 g/mol. The predicted molar refractivity (Wildman–Crippen MR) is 101 cm³/mol. The van der Waals surface area contributed by atoms with Crippen LogP contribution in [0, 0.1) is 5.92 Å². The summed E-state index contributed by atoms with van der Waals surface area (Å²) >= 11 is 0. The molecule has 0 aliphatic heterocycles. The molecule has 1 atom stereocenters. The van der Waals surface area contributed by atoms with E-state index < -0.39 is 0 Å². The number of nitrogens with two attached hydrogens (primary N) is 1. The molecule has 0 aromatic rings. The molecule has 0 heterocycles. The van der Waals surface area contributed by atoms with Crippen LogP contribution in [0.4, 0.5) is 0 Å². The van der Waals surface area contributed by atoms with Gasteiger partial charge in [-0.25, -0.2) is 0 Å². The topological polar surface area (TPSA) is 79.5 Å². The zero-order valence-electron chi connectivity index (χ0n) is 13.9. The van der Waals surface area contributed by atoms with Gasteiger partial charge in [0.25, 0.3) is 0 Å². The third-order valence-electron chi connectivity index (χ3n) is 3.01. The van der Waals surface area contributed by atoms with Crippen molar-refractivity contribution in [2.24, 2.45) is 16.6 Å². The number of nitrogens with zero attached hydrogens (tertiary/aromatic N) is 1. The Morgan fingerprint density at radius 1 is 1.24 bits per heavy atom. The fourth-order valence-corrected chi connectivity index (χ4v) is 1.83. The second-order valence-corrected chi connectivity index (χ2v) is 5.74. The highest BCUT2D eigenvalue weighted by Crippen LogP contribution is 2.07. The summed E-state index contributed by atoms with van der Waals surface area (Å²) in [6.07, 6.45) is 4.86. The lowest BCUT2D eigenvalue weighted by atomic mass is 10.0. The third-order valence-corrected chi connectivity index (χ3v) is 3.01. The van der Waals surface area contributed by atoms with E-state index in [1.54, 1.807) is 0 Å². The predicted octanol–water partition coefficient (Wildman–Crippen LogP) is 2.64. The molecule has 6 heteroatoms. The molecular weight excluding hydrogens is 379 g/mol. The van der Waals surface area contributed by atoms with E-state index in [4.69, 9.17) is 5.73 Å². The van der Waals surface area contributed by atoms with Gasteiger partial charge in [-0.3, -0.25) is 9.79 Å². The number of halogens is 1. The van der Waals surface area contributed by atoms with Crippen LogP contribution >= 0.6 is 24.0 Å². The van der Waals surface area contributed by atoms with Crippen LogP contribution in [0.15, 0.2) is 4.99 Å². The highest BCUT2D eigenvalue weighted by molar-refractivity contribution is 14.0. The molecule has 0 radical (unpaired) electrons. The minimum atomic E-state index is 0. The first-order valence-electron chi connectivity index (χ1n) is 7.78. The number of aliphatic imine (C=N–C) groups is 1. The first-order chi connectivity index (χ1) is 9.45. The second-order valence-electron chi connectivity index (χ2n) is 5.74. The highest BCUT2D eigenvalue weighted by Gasteiger charge is 2.04. The molecule has 0 saturated heterocycles. The lowest BCUT2D eigenvalue weighted by molar-refractivity contribution is -0.120. The summed E-state index contributed by atoms with van der Waals surface area (Å²) in [7, 11) is 0. The van der Waals surface area contributed by atoms with Crippen LogP contribution in [0.3, 0.4) is 0 Å². The summed E-state index contributed by atoms with van der Waals surface area (Å²) in [6.45, 7) is 9.77. The summed E-state index contributed by atoms with van der Waals surface area (Å²) in [4.78, 5) is 15.5. The van der Waals surface area contributed by atoms with Crippen molar-refractivity contribution < 1.29 is 4.79 Å². The minimum Gasteiger partial charge on any atom is -0.370 e. The quantitative estimate of drug-likeness (QED) is 0.293. The van der Waals surface area contributed by atoms with Crippen LogP contribution in [0.25, 0.3) is 0 Å². The van der Waals surface area contributed by atoms with Gasteiger partial charge in [-0.2, -0.15) is 0 Å². The Labute approximate surface area is 146 Å². The summed E-state index contributed by atoms with van der Waals surface area (Å²) < 4.78 is 0. The Balaban J connectivity index is 0. The lowest BCUT2D eigenvalue weighted by Crippen LogP contribution is -2.38. The van der Waals surface area contributed by atoms with Gasteiger partial charge < -0.3 is 16.4 Å². The van der Waals surface area contributed by atoms with Crippen molar-refractivity contribution in [3.63, 3.8) is 0 Å². The number of guanidine groups is 1. The van der Waals surface area contributed by atoms with Gasteiger partial charge in [-0.15, -0.1) is 24.0 Å². The molecule has 0 spiro atoms. The van der Waals surface area contributed by atoms with Gasteiger partial charge in [-0.05, 0) is 25.7 Å². The monoisotopic (exact) mass is 412 g/mol. The van der Waals surface area contributed by atoms with Crippen LogP contribution in [0.1, 0.15) is 59.8 Å². The van der Waals surface area contributed by atoms with Gasteiger partial charge in [0.1, 0.15) is 0 Å². The molecule has 1 amide bonds. The van der Waals surface area contributed by atoms with Crippen molar-refractivity contribution in [1.29, 1.82) is 0 Å². The SMILES string of the molecule is CCCNC(=O)CCN=C(N)NC(C)CCCC(C)C.I. The van der Waals surface area contributed by atoms with E-state index >= 15 is 0 Å². The molecule has 4 N–H and O–H groups in total. The molecule has 21 heavy (non-hydrogen) atoms. The van der Waals surface area contributed by atoms with Crippen molar-refractivity contribution in [3.8, 4) is 0 Å². The Bertz CT molecular complexity index is 295. The molecule has 0 aliphatic carbocycles. The van der Waals surface area contributed by atoms with E-state index in [1.807, 2.05) is 6.92 Å². The van der Waals surface area contributed by atoms with Crippen molar-refractivity contribution in [2.45, 2.75) is 65.8 Å². The van der Waals surface area contributed by atoms with E-state index in [1.165, 1.54) is 12.8 Å². The normalized spacial score (nSPS) is 12.7. The Kier molecular flexibility index (Phi) is 15.6. The fourth-order valence-electron chi connectivity index (χ4n) is 1.83. The van der Waals surface area contributed by atoms with E-state index in [2.05, 4.69) is 36.4 Å². The highest BCUT2D eigenvalue weighted by atomic mass is 127. The second kappa shape index (κ2) is 14.4. The number of hydrogen-bond donors (Lipinski definition) is 3. The smallest absolute Gasteiger partial charge is 0.221 e. The number of hydrogen-bond acceptors (Lipinski definition) is 2. The molecule has 0 fully saturated rings. The van der Waals surface area contributed by atoms with Crippen molar-refractivity contribution >= 4 is 35.8 Å². The van der Waals surface area contributed by atoms with E-state index in [0.29, 0.717) is 25.0 Å². The van der Waals surface area contributed by atoms with Crippen molar-refractivity contribution in [2.75, 3.05) is 13.1 Å². The maximum atomic E-state index is 11.4. The van der Waals surface area contributed by atoms with Gasteiger partial charge >= 0.3 is 0 Å². The van der Waals surface area contributed by atoms with Crippen LogP contribution in [-0.4, -0.2) is 31.0 Å². The lowest BCUT2D eigenvalue weighted by Gasteiger charge is -2.15. The van der Waals surface area contributed by atoms with E-state index in [-0.39, 0.29) is 29.9 Å². The van der Waals surface area contributed by atoms with Gasteiger partial charge in [0.2, 0.25) is 5.91 Å². The summed E-state index contributed by atoms with van der Waals surface area (Å²) in [6, 6.07) is 0.325. The molecule has 5 nitrogen and oxygen atoms in total. The maximum absolute atomic E-state index is 11.4. The van der Waals surface area contributed by atoms with Gasteiger partial charge in [0, 0.05) is 19.0 Å². The molecule has 0 rings (SSSR count). The number of carbonyl (C=O) groups excluding carboxylic acids is 1. The first-order valence-corrected chi connectivity index (χ1v) is 7.78. The Morgan fingerprint density at radius 3 is 2.48 bits per heavy atom. The van der Waals surface area contributed by atoms with Gasteiger partial charge in [-0.1, -0.05) is 33.6 Å². The van der Waals surface area contributed by atoms with Crippen LogP contribution in [0.2, 0.25) is 0 Å². The number of carbonyl (C=O) groups is 1. The van der Waals surface area contributed by atoms with Gasteiger partial charge in [0.15, 0.2) is 5.96 Å². The van der Waals surface area contributed by atoms with Crippen molar-refractivity contribution in [3.05, 3.63) is 0 Å². The molecule has 126 valence electrons. The summed E-state index contributed by atoms with van der Waals surface area (Å²) in [5, 5.41) is 5.98. The number of amides is 1. The number of nitrogens with one attached hydrogen (secondary N) is 2. The molecule has 0 bridgehead atoms. The molecule has 0 aliphatic rings. The maximum Gasteiger partial charge on any atom is 0.221 e. The van der Waals surface area contributed by atoms with E-state index in [0.717, 1.165) is 25.3 Å². The molecule has 1 unspecified atom stereocenters. The third kappa shape index (κ3) is 15.7. The van der Waals surface area contributed by atoms with Crippen LogP contribution < -0.4 is 16.4 Å². The zero-order chi connectivity index (χ0) is 15.4. The average Bonchev–Trinajstić information content (AvgIpc) is 2.35. The van der Waals surface area contributed by atoms with Crippen LogP contribution in [-0.2, 0) is 4.79 Å². The summed E-state index contributed by atoms with van der Waals surface area (Å²) in [5.74, 6) is 1.22. The minimum absolute atomic E-state index is 0. The van der Waals surface area contributed by atoms with E-state index in [9.17, 15) is 4.79 Å².